The van der Waals surface area contributed by atoms with Gasteiger partial charge in [-0.05, 0) is 33.4 Å². The molecule has 2 aromatic rings. The lowest BCUT2D eigenvalue weighted by Gasteiger charge is -2.22. The Morgan fingerprint density at radius 2 is 2.16 bits per heavy atom. The number of likely N-dealkylation sites (N-methyl/N-ethyl adjacent to an activating group) is 1. The predicted octanol–water partition coefficient (Wildman–Crippen LogP) is -0.580. The van der Waals surface area contributed by atoms with Gasteiger partial charge >= 0.3 is 5.69 Å². The smallest absolute Gasteiger partial charge is 0.330 e. The molecule has 1 aliphatic heterocycles. The molecular formula is C19H31N7O6. The molecule has 0 aromatic carbocycles. The molecule has 1 aliphatic rings. The van der Waals surface area contributed by atoms with E-state index in [0.29, 0.717) is 25.7 Å². The summed E-state index contributed by atoms with van der Waals surface area (Å²) in [6, 6.07) is 0. The van der Waals surface area contributed by atoms with Crippen LogP contribution >= 0.6 is 0 Å². The number of nitrogens with one attached hydrogen (secondary N) is 1. The zero-order valence-electron chi connectivity index (χ0n) is 18.5. The molecule has 5 N–H and O–H groups in total. The Morgan fingerprint density at radius 3 is 2.91 bits per heavy atom. The van der Waals surface area contributed by atoms with E-state index < -0.39 is 30.2 Å². The van der Waals surface area contributed by atoms with Crippen molar-refractivity contribution in [3.8, 4) is 0 Å². The van der Waals surface area contributed by atoms with Gasteiger partial charge in [-0.15, -0.1) is 0 Å². The number of H-pyrrole nitrogens is 1. The Bertz CT molecular complexity index is 977. The first-order valence-corrected chi connectivity index (χ1v) is 10.5. The maximum atomic E-state index is 12.4. The van der Waals surface area contributed by atoms with E-state index in [1.807, 2.05) is 18.9 Å². The van der Waals surface area contributed by atoms with E-state index in [-0.39, 0.29) is 17.0 Å². The van der Waals surface area contributed by atoms with Crippen LogP contribution in [0.4, 0.5) is 5.82 Å². The van der Waals surface area contributed by atoms with Gasteiger partial charge < -0.3 is 40.1 Å². The van der Waals surface area contributed by atoms with Gasteiger partial charge in [0, 0.05) is 13.5 Å². The van der Waals surface area contributed by atoms with Crippen LogP contribution in [0.1, 0.15) is 32.9 Å². The van der Waals surface area contributed by atoms with E-state index in [4.69, 9.17) is 20.0 Å². The number of nitrogens with zero attached hydrogens (tertiary/aromatic N) is 5. The van der Waals surface area contributed by atoms with E-state index in [1.165, 1.54) is 6.33 Å². The molecule has 0 saturated carbocycles. The first kappa shape index (κ1) is 23.9. The van der Waals surface area contributed by atoms with Crippen molar-refractivity contribution in [3.63, 3.8) is 0 Å². The van der Waals surface area contributed by atoms with Crippen LogP contribution in [0.2, 0.25) is 0 Å². The number of hydrogen-bond donors (Lipinski definition) is 4. The van der Waals surface area contributed by atoms with Crippen molar-refractivity contribution >= 4 is 22.9 Å². The fourth-order valence-electron chi connectivity index (χ4n) is 3.60. The first-order valence-electron chi connectivity index (χ1n) is 10.5. The van der Waals surface area contributed by atoms with Crippen molar-refractivity contribution in [2.24, 2.45) is 5.16 Å². The number of oxime groups is 1. The fraction of sp³-hybridized carbons (Fsp3) is 0.684. The van der Waals surface area contributed by atoms with Crippen LogP contribution in [0.25, 0.3) is 11.2 Å². The lowest BCUT2D eigenvalue weighted by Crippen LogP contribution is -2.39. The standard InChI is InChI=1S/C19H31N7O6/c1-4-30-11(2)24-31-8-6-5-7-25(3)9-12-14(27)15(28)18(32-12)26-17-13(23-19(26)29)16(20)21-10-22-17/h10,12,14-15,18,27-28H,4-9H2,1-3H3,(H,23,29)(H2,20,21,22)/t12-,14-,15-,18-/m1/s1. The van der Waals surface area contributed by atoms with Crippen LogP contribution in [-0.2, 0) is 14.3 Å². The second-order valence-electron chi connectivity index (χ2n) is 7.65. The number of imidazole rings is 1. The second kappa shape index (κ2) is 10.7. The molecular weight excluding hydrogens is 422 g/mol. The zero-order chi connectivity index (χ0) is 23.3. The van der Waals surface area contributed by atoms with Crippen molar-refractivity contribution in [2.75, 3.05) is 39.1 Å². The van der Waals surface area contributed by atoms with Crippen molar-refractivity contribution in [2.45, 2.75) is 51.2 Å². The van der Waals surface area contributed by atoms with Gasteiger partial charge in [-0.3, -0.25) is 0 Å². The molecule has 3 heterocycles. The Labute approximate surface area is 184 Å². The van der Waals surface area contributed by atoms with E-state index in [1.54, 1.807) is 6.92 Å². The third-order valence-electron chi connectivity index (χ3n) is 5.19. The number of ether oxygens (including phenoxy) is 2. The third-order valence-corrected chi connectivity index (χ3v) is 5.19. The highest BCUT2D eigenvalue weighted by atomic mass is 16.6. The van der Waals surface area contributed by atoms with E-state index in [9.17, 15) is 15.0 Å². The second-order valence-corrected chi connectivity index (χ2v) is 7.65. The van der Waals surface area contributed by atoms with Crippen LogP contribution in [0.3, 0.4) is 0 Å². The van der Waals surface area contributed by atoms with Crippen LogP contribution in [0.15, 0.2) is 16.3 Å². The molecule has 1 fully saturated rings. The highest BCUT2D eigenvalue weighted by Gasteiger charge is 2.45. The number of aliphatic hydroxyl groups is 2. The molecule has 0 spiro atoms. The molecule has 0 amide bonds. The zero-order valence-corrected chi connectivity index (χ0v) is 18.5. The molecule has 3 rings (SSSR count). The van der Waals surface area contributed by atoms with Gasteiger partial charge in [-0.2, -0.15) is 0 Å². The highest BCUT2D eigenvalue weighted by Crippen LogP contribution is 2.31. The first-order chi connectivity index (χ1) is 15.3. The molecule has 0 radical (unpaired) electrons. The quantitative estimate of drug-likeness (QED) is 0.158. The van der Waals surface area contributed by atoms with E-state index in [0.717, 1.165) is 24.0 Å². The molecule has 4 atom stereocenters. The number of rotatable bonds is 10. The van der Waals surface area contributed by atoms with Gasteiger partial charge in [-0.25, -0.2) is 19.3 Å². The van der Waals surface area contributed by atoms with Gasteiger partial charge in [0.15, 0.2) is 17.7 Å². The maximum absolute atomic E-state index is 12.4. The molecule has 32 heavy (non-hydrogen) atoms. The van der Waals surface area contributed by atoms with E-state index in [2.05, 4.69) is 20.1 Å². The average Bonchev–Trinajstić information content (AvgIpc) is 3.22. The van der Waals surface area contributed by atoms with Crippen LogP contribution in [0.5, 0.6) is 0 Å². The molecule has 2 aromatic heterocycles. The summed E-state index contributed by atoms with van der Waals surface area (Å²) in [5.41, 5.74) is 5.68. The Hall–Kier alpha value is -2.74. The fourth-order valence-corrected chi connectivity index (χ4v) is 3.60. The number of hydrogen-bond acceptors (Lipinski definition) is 11. The lowest BCUT2D eigenvalue weighted by molar-refractivity contribution is -0.0438. The Kier molecular flexibility index (Phi) is 8.01. The van der Waals surface area contributed by atoms with Gasteiger partial charge in [-0.1, -0.05) is 5.16 Å². The summed E-state index contributed by atoms with van der Waals surface area (Å²) >= 11 is 0. The van der Waals surface area contributed by atoms with Crippen molar-refractivity contribution < 1.29 is 24.5 Å². The van der Waals surface area contributed by atoms with E-state index >= 15 is 0 Å². The minimum atomic E-state index is -1.30. The van der Waals surface area contributed by atoms with Crippen molar-refractivity contribution in [3.05, 3.63) is 16.8 Å². The predicted molar refractivity (Wildman–Crippen MR) is 116 cm³/mol. The number of aromatic nitrogens is 4. The van der Waals surface area contributed by atoms with Gasteiger partial charge in [0.25, 0.3) is 0 Å². The molecule has 0 bridgehead atoms. The number of fused-ring (bicyclic) bond motifs is 1. The number of anilines is 1. The summed E-state index contributed by atoms with van der Waals surface area (Å²) in [4.78, 5) is 30.1. The highest BCUT2D eigenvalue weighted by molar-refractivity contribution is 5.81. The molecule has 13 heteroatoms. The number of aromatic amines is 1. The summed E-state index contributed by atoms with van der Waals surface area (Å²) in [5.74, 6) is 0.603. The van der Waals surface area contributed by atoms with Crippen LogP contribution in [0, 0.1) is 0 Å². The Balaban J connectivity index is 1.53. The van der Waals surface area contributed by atoms with Crippen LogP contribution < -0.4 is 11.4 Å². The van der Waals surface area contributed by atoms with Crippen molar-refractivity contribution in [1.82, 2.24) is 24.4 Å². The van der Waals surface area contributed by atoms with Crippen molar-refractivity contribution in [1.29, 1.82) is 0 Å². The molecule has 0 unspecified atom stereocenters. The SMILES string of the molecule is CCOC(C)=NOCCCCN(C)C[C@H]1O[C@@H](n2c(=O)[nH]c3c(N)ncnc32)[C@H](O)[C@@H]1O. The normalized spacial score (nSPS) is 23.9. The molecule has 13 nitrogen and oxygen atoms in total. The monoisotopic (exact) mass is 453 g/mol. The summed E-state index contributed by atoms with van der Waals surface area (Å²) < 4.78 is 12.2. The number of nitrogen functional groups attached to an aromatic ring is 1. The van der Waals surface area contributed by atoms with Gasteiger partial charge in [0.1, 0.15) is 36.8 Å². The molecule has 0 aliphatic carbocycles. The number of aliphatic hydroxyl groups excluding tert-OH is 2. The number of unbranched alkanes of at least 4 members (excludes halogenated alkanes) is 1. The Morgan fingerprint density at radius 1 is 1.38 bits per heavy atom. The lowest BCUT2D eigenvalue weighted by atomic mass is 10.1. The maximum Gasteiger partial charge on any atom is 0.330 e. The minimum absolute atomic E-state index is 0.109. The van der Waals surface area contributed by atoms with Gasteiger partial charge in [0.05, 0.1) is 6.61 Å². The molecule has 1 saturated heterocycles. The number of nitrogens with two attached hydrogens (primary N) is 1. The summed E-state index contributed by atoms with van der Waals surface area (Å²) in [6.45, 7) is 5.72. The molecule has 178 valence electrons. The minimum Gasteiger partial charge on any atom is -0.479 e. The third kappa shape index (κ3) is 5.35. The summed E-state index contributed by atoms with van der Waals surface area (Å²) in [7, 11) is 1.89. The summed E-state index contributed by atoms with van der Waals surface area (Å²) in [6.07, 6.45) is -1.41. The topological polar surface area (TPSA) is 173 Å². The largest absolute Gasteiger partial charge is 0.479 e. The summed E-state index contributed by atoms with van der Waals surface area (Å²) in [5, 5.41) is 24.9. The average molecular weight is 454 g/mol. The van der Waals surface area contributed by atoms with Crippen LogP contribution in [-0.4, -0.2) is 92.2 Å². The van der Waals surface area contributed by atoms with Gasteiger partial charge in [0.2, 0.25) is 5.90 Å².